The molecule has 0 fully saturated rings. The predicted octanol–water partition coefficient (Wildman–Crippen LogP) is 4.82. The van der Waals surface area contributed by atoms with E-state index in [1.165, 1.54) is 4.88 Å². The van der Waals surface area contributed by atoms with E-state index >= 15 is 0 Å². The molecule has 0 N–H and O–H groups in total. The average Bonchev–Trinajstić information content (AvgIpc) is 2.89. The topological polar surface area (TPSA) is 3.24 Å². The number of likely N-dealkylation sites (N-methyl/N-ethyl adjacent to an activating group) is 1. The molecule has 0 unspecified atom stereocenters. The first-order valence-electron chi connectivity index (χ1n) is 5.78. The molecule has 0 aliphatic rings. The minimum absolute atomic E-state index is 0.456. The molecule has 18 heavy (non-hydrogen) atoms. The summed E-state index contributed by atoms with van der Waals surface area (Å²) in [5.41, 5.74) is 2.11. The van der Waals surface area contributed by atoms with Crippen LogP contribution in [0.4, 0.5) is 5.69 Å². The van der Waals surface area contributed by atoms with Crippen molar-refractivity contribution in [1.29, 1.82) is 0 Å². The summed E-state index contributed by atoms with van der Waals surface area (Å²) >= 11 is 13.8. The predicted molar refractivity (Wildman–Crippen MR) is 82.3 cm³/mol. The zero-order chi connectivity index (χ0) is 13.0. The van der Waals surface area contributed by atoms with Crippen molar-refractivity contribution in [2.24, 2.45) is 0 Å². The van der Waals surface area contributed by atoms with Gasteiger partial charge >= 0.3 is 0 Å². The highest BCUT2D eigenvalue weighted by atomic mass is 35.5. The molecular formula is C14H15Cl2NS. The number of alkyl halides is 1. The lowest BCUT2D eigenvalue weighted by Gasteiger charge is -2.19. The number of hydrogen-bond donors (Lipinski definition) is 0. The molecule has 0 spiro atoms. The molecule has 0 bridgehead atoms. The summed E-state index contributed by atoms with van der Waals surface area (Å²) in [4.78, 5) is 3.62. The van der Waals surface area contributed by atoms with Crippen LogP contribution in [0.1, 0.15) is 10.4 Å². The fraction of sp³-hybridized carbons (Fsp3) is 0.286. The first-order chi connectivity index (χ1) is 8.70. The highest BCUT2D eigenvalue weighted by Crippen LogP contribution is 2.24. The molecule has 1 aromatic heterocycles. The van der Waals surface area contributed by atoms with Gasteiger partial charge in [-0.2, -0.15) is 0 Å². The van der Waals surface area contributed by atoms with Gasteiger partial charge in [-0.05, 0) is 35.6 Å². The van der Waals surface area contributed by atoms with Crippen LogP contribution in [0.3, 0.4) is 0 Å². The van der Waals surface area contributed by atoms with Crippen molar-refractivity contribution in [3.8, 4) is 0 Å². The summed E-state index contributed by atoms with van der Waals surface area (Å²) in [7, 11) is 2.08. The van der Waals surface area contributed by atoms with Gasteiger partial charge in [-0.25, -0.2) is 0 Å². The number of rotatable bonds is 5. The third kappa shape index (κ3) is 3.41. The van der Waals surface area contributed by atoms with E-state index in [4.69, 9.17) is 23.2 Å². The van der Waals surface area contributed by atoms with Crippen molar-refractivity contribution < 1.29 is 0 Å². The van der Waals surface area contributed by atoms with Gasteiger partial charge in [-0.15, -0.1) is 22.9 Å². The Labute approximate surface area is 122 Å². The fourth-order valence-corrected chi connectivity index (χ4v) is 2.99. The second-order valence-corrected chi connectivity index (χ2v) is 5.87. The standard InChI is InChI=1S/C14H15Cl2NS/c1-17(7-6-13-3-2-8-18-13)12-5-4-11(10-15)14(16)9-12/h2-5,8-9H,6-7,10H2,1H3. The molecule has 4 heteroatoms. The smallest absolute Gasteiger partial charge is 0.0488 e. The molecule has 2 aromatic rings. The van der Waals surface area contributed by atoms with E-state index in [9.17, 15) is 0 Å². The lowest BCUT2D eigenvalue weighted by Crippen LogP contribution is -2.19. The second-order valence-electron chi connectivity index (χ2n) is 4.16. The SMILES string of the molecule is CN(CCc1cccs1)c1ccc(CCl)c(Cl)c1. The van der Waals surface area contributed by atoms with Crippen LogP contribution in [0.2, 0.25) is 5.02 Å². The van der Waals surface area contributed by atoms with Gasteiger partial charge in [-0.1, -0.05) is 23.7 Å². The van der Waals surface area contributed by atoms with Crippen LogP contribution < -0.4 is 4.90 Å². The first kappa shape index (κ1) is 13.7. The van der Waals surface area contributed by atoms with Crippen LogP contribution in [-0.2, 0) is 12.3 Å². The third-order valence-electron chi connectivity index (χ3n) is 2.90. The van der Waals surface area contributed by atoms with Crippen molar-refractivity contribution in [3.63, 3.8) is 0 Å². The zero-order valence-electron chi connectivity index (χ0n) is 10.2. The molecular weight excluding hydrogens is 285 g/mol. The van der Waals surface area contributed by atoms with Gasteiger partial charge < -0.3 is 4.90 Å². The van der Waals surface area contributed by atoms with Gasteiger partial charge in [0.2, 0.25) is 0 Å². The van der Waals surface area contributed by atoms with Crippen molar-refractivity contribution in [2.75, 3.05) is 18.5 Å². The lowest BCUT2D eigenvalue weighted by atomic mass is 10.2. The van der Waals surface area contributed by atoms with E-state index < -0.39 is 0 Å². The number of hydrogen-bond acceptors (Lipinski definition) is 2. The summed E-state index contributed by atoms with van der Waals surface area (Å²) in [6.45, 7) is 0.983. The van der Waals surface area contributed by atoms with E-state index in [-0.39, 0.29) is 0 Å². The first-order valence-corrected chi connectivity index (χ1v) is 7.58. The number of halogens is 2. The summed E-state index contributed by atoms with van der Waals surface area (Å²) < 4.78 is 0. The van der Waals surface area contributed by atoms with Crippen LogP contribution in [0.25, 0.3) is 0 Å². The van der Waals surface area contributed by atoms with Gasteiger partial charge in [0.1, 0.15) is 0 Å². The Morgan fingerprint density at radius 1 is 1.28 bits per heavy atom. The molecule has 0 radical (unpaired) electrons. The zero-order valence-corrected chi connectivity index (χ0v) is 12.5. The van der Waals surface area contributed by atoms with E-state index in [1.54, 1.807) is 11.3 Å². The summed E-state index contributed by atoms with van der Waals surface area (Å²) in [5, 5.41) is 2.85. The van der Waals surface area contributed by atoms with Crippen molar-refractivity contribution in [2.45, 2.75) is 12.3 Å². The Hall–Kier alpha value is -0.700. The fourth-order valence-electron chi connectivity index (χ4n) is 1.74. The van der Waals surface area contributed by atoms with Crippen LogP contribution in [0.5, 0.6) is 0 Å². The molecule has 0 amide bonds. The van der Waals surface area contributed by atoms with Crippen LogP contribution >= 0.6 is 34.5 Å². The maximum atomic E-state index is 6.16. The third-order valence-corrected chi connectivity index (χ3v) is 4.47. The monoisotopic (exact) mass is 299 g/mol. The summed E-state index contributed by atoms with van der Waals surface area (Å²) in [5.74, 6) is 0.456. The average molecular weight is 300 g/mol. The van der Waals surface area contributed by atoms with Gasteiger partial charge in [0.15, 0.2) is 0 Å². The molecule has 0 atom stereocenters. The van der Waals surface area contributed by atoms with Gasteiger partial charge in [0.05, 0.1) is 0 Å². The minimum Gasteiger partial charge on any atom is -0.374 e. The highest BCUT2D eigenvalue weighted by molar-refractivity contribution is 7.09. The van der Waals surface area contributed by atoms with Gasteiger partial charge in [0.25, 0.3) is 0 Å². The number of thiophene rings is 1. The summed E-state index contributed by atoms with van der Waals surface area (Å²) in [6, 6.07) is 10.3. The molecule has 96 valence electrons. The van der Waals surface area contributed by atoms with Crippen molar-refractivity contribution in [1.82, 2.24) is 0 Å². The Morgan fingerprint density at radius 3 is 2.72 bits per heavy atom. The molecule has 0 aliphatic heterocycles. The molecule has 0 saturated carbocycles. The van der Waals surface area contributed by atoms with E-state index in [0.717, 1.165) is 29.2 Å². The Bertz CT molecular complexity index is 497. The Kier molecular flexibility index (Phi) is 4.93. The van der Waals surface area contributed by atoms with E-state index in [1.807, 2.05) is 12.1 Å². The minimum atomic E-state index is 0.456. The van der Waals surface area contributed by atoms with E-state index in [2.05, 4.69) is 35.5 Å². The number of anilines is 1. The molecule has 1 nitrogen and oxygen atoms in total. The quantitative estimate of drug-likeness (QED) is 0.716. The molecule has 0 aliphatic carbocycles. The normalized spacial score (nSPS) is 10.6. The maximum absolute atomic E-state index is 6.16. The summed E-state index contributed by atoms with van der Waals surface area (Å²) in [6.07, 6.45) is 1.06. The van der Waals surface area contributed by atoms with Crippen LogP contribution in [0, 0.1) is 0 Å². The second kappa shape index (κ2) is 6.46. The Morgan fingerprint density at radius 2 is 2.11 bits per heavy atom. The van der Waals surface area contributed by atoms with Crippen molar-refractivity contribution in [3.05, 3.63) is 51.2 Å². The number of nitrogens with zero attached hydrogens (tertiary/aromatic N) is 1. The van der Waals surface area contributed by atoms with Crippen LogP contribution in [-0.4, -0.2) is 13.6 Å². The lowest BCUT2D eigenvalue weighted by molar-refractivity contribution is 0.887. The molecule has 1 aromatic carbocycles. The number of benzene rings is 1. The van der Waals surface area contributed by atoms with Gasteiger partial charge in [0, 0.05) is 35.1 Å². The highest BCUT2D eigenvalue weighted by Gasteiger charge is 2.05. The van der Waals surface area contributed by atoms with Crippen molar-refractivity contribution >= 4 is 40.2 Å². The van der Waals surface area contributed by atoms with E-state index in [0.29, 0.717) is 5.88 Å². The van der Waals surface area contributed by atoms with Gasteiger partial charge in [-0.3, -0.25) is 0 Å². The molecule has 0 saturated heterocycles. The largest absolute Gasteiger partial charge is 0.374 e. The molecule has 2 rings (SSSR count). The Balaban J connectivity index is 2.00. The van der Waals surface area contributed by atoms with Crippen LogP contribution in [0.15, 0.2) is 35.7 Å². The maximum Gasteiger partial charge on any atom is 0.0488 e. The molecule has 1 heterocycles.